The van der Waals surface area contributed by atoms with Crippen LogP contribution < -0.4 is 5.32 Å². The number of likely N-dealkylation sites (N-methyl/N-ethyl adjacent to an activating group) is 2. The van der Waals surface area contributed by atoms with Crippen molar-refractivity contribution in [3.05, 3.63) is 30.0 Å². The normalized spacial score (nSPS) is 10.7. The standard InChI is InChI=1S/C12H16N4O/c1-13-5-6-16(2)12(17)9-3-4-10-8-14-15-11(10)7-9/h3-4,7-8,13H,5-6H2,1-2H3,(H,14,15). The molecule has 2 rings (SSSR count). The van der Waals surface area contributed by atoms with E-state index in [0.29, 0.717) is 12.1 Å². The number of amides is 1. The highest BCUT2D eigenvalue weighted by Gasteiger charge is 2.11. The molecule has 5 nitrogen and oxygen atoms in total. The van der Waals surface area contributed by atoms with E-state index in [0.717, 1.165) is 17.4 Å². The fourth-order valence-electron chi connectivity index (χ4n) is 1.67. The van der Waals surface area contributed by atoms with Crippen LogP contribution in [0.3, 0.4) is 0 Å². The van der Waals surface area contributed by atoms with E-state index in [1.807, 2.05) is 25.2 Å². The predicted octanol–water partition coefficient (Wildman–Crippen LogP) is 0.854. The number of hydrogen-bond acceptors (Lipinski definition) is 3. The monoisotopic (exact) mass is 232 g/mol. The highest BCUT2D eigenvalue weighted by Crippen LogP contribution is 2.13. The summed E-state index contributed by atoms with van der Waals surface area (Å²) in [5.41, 5.74) is 1.57. The Labute approximate surface area is 99.8 Å². The quantitative estimate of drug-likeness (QED) is 0.821. The predicted molar refractivity (Wildman–Crippen MR) is 67.0 cm³/mol. The van der Waals surface area contributed by atoms with Gasteiger partial charge in [0.25, 0.3) is 5.91 Å². The minimum absolute atomic E-state index is 0.0248. The number of fused-ring (bicyclic) bond motifs is 1. The van der Waals surface area contributed by atoms with Gasteiger partial charge < -0.3 is 10.2 Å². The average Bonchev–Trinajstić information content (AvgIpc) is 2.81. The van der Waals surface area contributed by atoms with Gasteiger partial charge in [-0.05, 0) is 19.2 Å². The molecule has 0 bridgehead atoms. The lowest BCUT2D eigenvalue weighted by Crippen LogP contribution is -2.32. The van der Waals surface area contributed by atoms with Gasteiger partial charge in [-0.2, -0.15) is 5.10 Å². The Hall–Kier alpha value is -1.88. The van der Waals surface area contributed by atoms with Crippen molar-refractivity contribution in [2.24, 2.45) is 0 Å². The van der Waals surface area contributed by atoms with E-state index in [2.05, 4.69) is 15.5 Å². The molecule has 1 aromatic heterocycles. The molecule has 0 unspecified atom stereocenters. The van der Waals surface area contributed by atoms with E-state index in [-0.39, 0.29) is 5.91 Å². The zero-order valence-electron chi connectivity index (χ0n) is 10.0. The van der Waals surface area contributed by atoms with Crippen LogP contribution >= 0.6 is 0 Å². The molecule has 0 saturated heterocycles. The SMILES string of the molecule is CNCCN(C)C(=O)c1ccc2cn[nH]c2c1. The Kier molecular flexibility index (Phi) is 3.39. The van der Waals surface area contributed by atoms with Gasteiger partial charge in [0.2, 0.25) is 0 Å². The van der Waals surface area contributed by atoms with Crippen molar-refractivity contribution in [3.63, 3.8) is 0 Å². The van der Waals surface area contributed by atoms with Crippen molar-refractivity contribution in [1.82, 2.24) is 20.4 Å². The molecule has 5 heteroatoms. The van der Waals surface area contributed by atoms with Gasteiger partial charge in [-0.25, -0.2) is 0 Å². The number of rotatable bonds is 4. The van der Waals surface area contributed by atoms with Gasteiger partial charge in [0.1, 0.15) is 0 Å². The summed E-state index contributed by atoms with van der Waals surface area (Å²) in [5, 5.41) is 10.8. The lowest BCUT2D eigenvalue weighted by molar-refractivity contribution is 0.0797. The highest BCUT2D eigenvalue weighted by atomic mass is 16.2. The molecule has 0 aliphatic heterocycles. The summed E-state index contributed by atoms with van der Waals surface area (Å²) in [6.07, 6.45) is 1.74. The topological polar surface area (TPSA) is 61.0 Å². The van der Waals surface area contributed by atoms with Gasteiger partial charge in [0, 0.05) is 31.1 Å². The number of carbonyl (C=O) groups excluding carboxylic acids is 1. The maximum atomic E-state index is 12.1. The Morgan fingerprint density at radius 2 is 2.35 bits per heavy atom. The van der Waals surface area contributed by atoms with Crippen LogP contribution in [0.25, 0.3) is 10.9 Å². The van der Waals surface area contributed by atoms with Gasteiger partial charge in [0.05, 0.1) is 11.7 Å². The summed E-state index contributed by atoms with van der Waals surface area (Å²) in [6, 6.07) is 5.56. The van der Waals surface area contributed by atoms with Crippen molar-refractivity contribution >= 4 is 16.8 Å². The molecule has 0 fully saturated rings. The fourth-order valence-corrected chi connectivity index (χ4v) is 1.67. The lowest BCUT2D eigenvalue weighted by atomic mass is 10.1. The maximum Gasteiger partial charge on any atom is 0.253 e. The zero-order chi connectivity index (χ0) is 12.3. The third-order valence-electron chi connectivity index (χ3n) is 2.73. The summed E-state index contributed by atoms with van der Waals surface area (Å²) < 4.78 is 0. The Morgan fingerprint density at radius 3 is 3.12 bits per heavy atom. The Morgan fingerprint density at radius 1 is 1.53 bits per heavy atom. The fraction of sp³-hybridized carbons (Fsp3) is 0.333. The van der Waals surface area contributed by atoms with Crippen LogP contribution in [0.5, 0.6) is 0 Å². The van der Waals surface area contributed by atoms with Gasteiger partial charge >= 0.3 is 0 Å². The van der Waals surface area contributed by atoms with Crippen LogP contribution in [0.15, 0.2) is 24.4 Å². The van der Waals surface area contributed by atoms with E-state index in [9.17, 15) is 4.79 Å². The molecule has 0 radical (unpaired) electrons. The van der Waals surface area contributed by atoms with Crippen molar-refractivity contribution in [3.8, 4) is 0 Å². The molecule has 2 aromatic rings. The summed E-state index contributed by atoms with van der Waals surface area (Å²) in [4.78, 5) is 13.8. The lowest BCUT2D eigenvalue weighted by Gasteiger charge is -2.16. The van der Waals surface area contributed by atoms with Crippen LogP contribution in [0.2, 0.25) is 0 Å². The summed E-state index contributed by atoms with van der Waals surface area (Å²) >= 11 is 0. The number of benzene rings is 1. The third-order valence-corrected chi connectivity index (χ3v) is 2.73. The summed E-state index contributed by atoms with van der Waals surface area (Å²) in [5.74, 6) is 0.0248. The van der Waals surface area contributed by atoms with E-state index in [1.54, 1.807) is 18.1 Å². The summed E-state index contributed by atoms with van der Waals surface area (Å²) in [6.45, 7) is 1.48. The van der Waals surface area contributed by atoms with Crippen LogP contribution in [0.4, 0.5) is 0 Å². The first-order valence-corrected chi connectivity index (χ1v) is 5.55. The number of nitrogens with one attached hydrogen (secondary N) is 2. The second-order valence-electron chi connectivity index (χ2n) is 4.00. The minimum atomic E-state index is 0.0248. The molecule has 2 N–H and O–H groups in total. The van der Waals surface area contributed by atoms with Gasteiger partial charge in [0.15, 0.2) is 0 Å². The molecular weight excluding hydrogens is 216 g/mol. The molecule has 0 spiro atoms. The van der Waals surface area contributed by atoms with E-state index >= 15 is 0 Å². The second-order valence-corrected chi connectivity index (χ2v) is 4.00. The number of hydrogen-bond donors (Lipinski definition) is 2. The molecule has 90 valence electrons. The van der Waals surface area contributed by atoms with Crippen molar-refractivity contribution < 1.29 is 4.79 Å². The Bertz CT molecular complexity index is 520. The van der Waals surface area contributed by atoms with Crippen LogP contribution in [-0.4, -0.2) is 48.2 Å². The van der Waals surface area contributed by atoms with Crippen LogP contribution in [0, 0.1) is 0 Å². The molecule has 1 amide bonds. The molecular formula is C12H16N4O. The van der Waals surface area contributed by atoms with E-state index in [4.69, 9.17) is 0 Å². The van der Waals surface area contributed by atoms with Gasteiger partial charge in [-0.3, -0.25) is 9.89 Å². The highest BCUT2D eigenvalue weighted by molar-refractivity contribution is 5.97. The van der Waals surface area contributed by atoms with Crippen molar-refractivity contribution in [1.29, 1.82) is 0 Å². The van der Waals surface area contributed by atoms with Gasteiger partial charge in [-0.1, -0.05) is 6.07 Å². The smallest absolute Gasteiger partial charge is 0.253 e. The molecule has 0 saturated carbocycles. The summed E-state index contributed by atoms with van der Waals surface area (Å²) in [7, 11) is 3.67. The van der Waals surface area contributed by atoms with Crippen molar-refractivity contribution in [2.75, 3.05) is 27.2 Å². The first-order chi connectivity index (χ1) is 8.22. The number of nitrogens with zero attached hydrogens (tertiary/aromatic N) is 2. The number of aromatic amines is 1. The van der Waals surface area contributed by atoms with Crippen LogP contribution in [0.1, 0.15) is 10.4 Å². The van der Waals surface area contributed by atoms with Crippen LogP contribution in [-0.2, 0) is 0 Å². The molecule has 0 aliphatic rings. The maximum absolute atomic E-state index is 12.1. The largest absolute Gasteiger partial charge is 0.340 e. The molecule has 1 aromatic carbocycles. The average molecular weight is 232 g/mol. The number of H-pyrrole nitrogens is 1. The van der Waals surface area contributed by atoms with Gasteiger partial charge in [-0.15, -0.1) is 0 Å². The number of aromatic nitrogens is 2. The van der Waals surface area contributed by atoms with E-state index < -0.39 is 0 Å². The first-order valence-electron chi connectivity index (χ1n) is 5.55. The number of carbonyl (C=O) groups is 1. The zero-order valence-corrected chi connectivity index (χ0v) is 10.0. The minimum Gasteiger partial charge on any atom is -0.340 e. The molecule has 0 atom stereocenters. The van der Waals surface area contributed by atoms with E-state index in [1.165, 1.54) is 0 Å². The molecule has 17 heavy (non-hydrogen) atoms. The molecule has 1 heterocycles. The second kappa shape index (κ2) is 4.97. The third kappa shape index (κ3) is 2.45. The Balaban J connectivity index is 2.17. The molecule has 0 aliphatic carbocycles. The first kappa shape index (κ1) is 11.6. The van der Waals surface area contributed by atoms with Crippen molar-refractivity contribution in [2.45, 2.75) is 0 Å².